The van der Waals surface area contributed by atoms with Crippen LogP contribution in [0.15, 0.2) is 29.3 Å². The van der Waals surface area contributed by atoms with Crippen molar-refractivity contribution < 1.29 is 9.53 Å². The van der Waals surface area contributed by atoms with Gasteiger partial charge in [-0.15, -0.1) is 24.0 Å². The summed E-state index contributed by atoms with van der Waals surface area (Å²) in [5, 5.41) is 6.16. The Balaban J connectivity index is 0.00000576. The fraction of sp³-hybridized carbons (Fsp3) is 0.556. The van der Waals surface area contributed by atoms with Crippen molar-refractivity contribution in [2.45, 2.75) is 26.7 Å². The number of unbranched alkanes of at least 4 members (excludes halogenated alkanes) is 1. The maximum Gasteiger partial charge on any atom is 0.251 e. The second-order valence-corrected chi connectivity index (χ2v) is 5.50. The van der Waals surface area contributed by atoms with Crippen LogP contribution in [0.3, 0.4) is 0 Å². The summed E-state index contributed by atoms with van der Waals surface area (Å²) < 4.78 is 5.09. The third-order valence-corrected chi connectivity index (χ3v) is 3.55. The Labute approximate surface area is 168 Å². The molecular weight excluding hydrogens is 431 g/mol. The molecule has 0 atom stereocenters. The minimum atomic E-state index is -0.0998. The van der Waals surface area contributed by atoms with Crippen molar-refractivity contribution in [1.82, 2.24) is 15.5 Å². The topological polar surface area (TPSA) is 66.0 Å². The molecule has 1 aromatic rings. The summed E-state index contributed by atoms with van der Waals surface area (Å²) in [5.41, 5.74) is 0.617. The third kappa shape index (κ3) is 8.94. The highest BCUT2D eigenvalue weighted by Gasteiger charge is 2.06. The van der Waals surface area contributed by atoms with E-state index in [0.717, 1.165) is 37.6 Å². The Bertz CT molecular complexity index is 520. The summed E-state index contributed by atoms with van der Waals surface area (Å²) >= 11 is 0. The first-order chi connectivity index (χ1) is 11.6. The number of benzene rings is 1. The van der Waals surface area contributed by atoms with Crippen molar-refractivity contribution in [2.75, 3.05) is 40.3 Å². The lowest BCUT2D eigenvalue weighted by Crippen LogP contribution is -2.40. The van der Waals surface area contributed by atoms with Crippen molar-refractivity contribution in [2.24, 2.45) is 4.99 Å². The molecule has 142 valence electrons. The van der Waals surface area contributed by atoms with Gasteiger partial charge in [0.15, 0.2) is 5.96 Å². The van der Waals surface area contributed by atoms with Crippen molar-refractivity contribution in [3.05, 3.63) is 29.8 Å². The van der Waals surface area contributed by atoms with Gasteiger partial charge in [-0.25, -0.2) is 0 Å². The number of nitrogens with one attached hydrogen (secondary N) is 2. The molecule has 25 heavy (non-hydrogen) atoms. The highest BCUT2D eigenvalue weighted by molar-refractivity contribution is 14.0. The Morgan fingerprint density at radius 1 is 1.20 bits per heavy atom. The molecule has 0 aliphatic carbocycles. The zero-order valence-electron chi connectivity index (χ0n) is 15.7. The molecule has 0 bridgehead atoms. The van der Waals surface area contributed by atoms with Gasteiger partial charge in [0.25, 0.3) is 5.91 Å². The molecule has 0 aliphatic heterocycles. The van der Waals surface area contributed by atoms with Crippen LogP contribution in [-0.2, 0) is 0 Å². The van der Waals surface area contributed by atoms with Crippen LogP contribution < -0.4 is 15.4 Å². The smallest absolute Gasteiger partial charge is 0.251 e. The summed E-state index contributed by atoms with van der Waals surface area (Å²) in [6.45, 7) is 7.07. The molecule has 0 saturated heterocycles. The second-order valence-electron chi connectivity index (χ2n) is 5.50. The van der Waals surface area contributed by atoms with E-state index in [1.54, 1.807) is 31.4 Å². The number of halogens is 1. The number of guanidine groups is 1. The molecule has 0 fully saturated rings. The van der Waals surface area contributed by atoms with Crippen LogP contribution in [0.25, 0.3) is 0 Å². The van der Waals surface area contributed by atoms with Gasteiger partial charge in [-0.1, -0.05) is 13.3 Å². The zero-order chi connectivity index (χ0) is 17.8. The van der Waals surface area contributed by atoms with Gasteiger partial charge < -0.3 is 20.3 Å². The van der Waals surface area contributed by atoms with E-state index in [1.807, 2.05) is 7.05 Å². The molecule has 7 heteroatoms. The summed E-state index contributed by atoms with van der Waals surface area (Å²) in [7, 11) is 3.64. The van der Waals surface area contributed by atoms with Gasteiger partial charge in [0.2, 0.25) is 0 Å². The van der Waals surface area contributed by atoms with Gasteiger partial charge in [-0.3, -0.25) is 9.79 Å². The van der Waals surface area contributed by atoms with Gasteiger partial charge in [0, 0.05) is 32.2 Å². The molecule has 1 rings (SSSR count). The number of aliphatic imine (C=N–C) groups is 1. The van der Waals surface area contributed by atoms with Crippen LogP contribution in [0.2, 0.25) is 0 Å². The molecule has 0 saturated carbocycles. The minimum Gasteiger partial charge on any atom is -0.497 e. The standard InChI is InChI=1S/C18H30N4O2.HI/c1-5-7-14-22(3)18(19-6-2)21-13-12-20-17(23)15-8-10-16(24-4)11-9-15;/h8-11H,5-7,12-14H2,1-4H3,(H,19,21)(H,20,23);1H. The highest BCUT2D eigenvalue weighted by Crippen LogP contribution is 2.10. The summed E-state index contributed by atoms with van der Waals surface area (Å²) in [6, 6.07) is 7.05. The molecule has 2 N–H and O–H groups in total. The van der Waals surface area contributed by atoms with Gasteiger partial charge in [-0.05, 0) is 37.6 Å². The lowest BCUT2D eigenvalue weighted by molar-refractivity contribution is 0.0954. The average Bonchev–Trinajstić information content (AvgIpc) is 2.62. The van der Waals surface area contributed by atoms with Crippen LogP contribution in [0.4, 0.5) is 0 Å². The number of hydrogen-bond donors (Lipinski definition) is 2. The van der Waals surface area contributed by atoms with E-state index in [9.17, 15) is 4.79 Å². The SMILES string of the molecule is CCCCN(C)C(=NCCNC(=O)c1ccc(OC)cc1)NCC.I. The Morgan fingerprint density at radius 3 is 2.44 bits per heavy atom. The molecule has 0 heterocycles. The summed E-state index contributed by atoms with van der Waals surface area (Å²) in [6.07, 6.45) is 2.29. The number of carbonyl (C=O) groups excluding carboxylic acids is 1. The van der Waals surface area contributed by atoms with Crippen LogP contribution in [-0.4, -0.2) is 57.1 Å². The predicted molar refractivity (Wildman–Crippen MR) is 114 cm³/mol. The lowest BCUT2D eigenvalue weighted by Gasteiger charge is -2.21. The third-order valence-electron chi connectivity index (χ3n) is 3.55. The number of rotatable bonds is 9. The van der Waals surface area contributed by atoms with Crippen molar-refractivity contribution in [3.63, 3.8) is 0 Å². The molecule has 0 radical (unpaired) electrons. The van der Waals surface area contributed by atoms with Crippen molar-refractivity contribution in [1.29, 1.82) is 0 Å². The Hall–Kier alpha value is -1.51. The quantitative estimate of drug-likeness (QED) is 0.257. The van der Waals surface area contributed by atoms with Crippen LogP contribution >= 0.6 is 24.0 Å². The van der Waals surface area contributed by atoms with Gasteiger partial charge >= 0.3 is 0 Å². The number of amides is 1. The van der Waals surface area contributed by atoms with Crippen molar-refractivity contribution >= 4 is 35.8 Å². The van der Waals surface area contributed by atoms with E-state index >= 15 is 0 Å². The van der Waals surface area contributed by atoms with Gasteiger partial charge in [0.1, 0.15) is 5.75 Å². The lowest BCUT2D eigenvalue weighted by atomic mass is 10.2. The minimum absolute atomic E-state index is 0. The molecular formula is C18H31IN4O2. The predicted octanol–water partition coefficient (Wildman–Crippen LogP) is 2.74. The number of hydrogen-bond acceptors (Lipinski definition) is 3. The molecule has 0 spiro atoms. The molecule has 0 aromatic heterocycles. The maximum absolute atomic E-state index is 12.1. The first-order valence-corrected chi connectivity index (χ1v) is 8.54. The monoisotopic (exact) mass is 462 g/mol. The largest absolute Gasteiger partial charge is 0.497 e. The Morgan fingerprint density at radius 2 is 1.88 bits per heavy atom. The van der Waals surface area contributed by atoms with Gasteiger partial charge in [0.05, 0.1) is 13.7 Å². The molecule has 0 aliphatic rings. The van der Waals surface area contributed by atoms with E-state index in [-0.39, 0.29) is 29.9 Å². The first kappa shape index (κ1) is 23.5. The van der Waals surface area contributed by atoms with E-state index in [0.29, 0.717) is 18.7 Å². The van der Waals surface area contributed by atoms with Crippen LogP contribution in [0, 0.1) is 0 Å². The number of methoxy groups -OCH3 is 1. The van der Waals surface area contributed by atoms with E-state index < -0.39 is 0 Å². The fourth-order valence-corrected chi connectivity index (χ4v) is 2.15. The number of carbonyl (C=O) groups is 1. The second kappa shape index (κ2) is 13.7. The number of ether oxygens (including phenoxy) is 1. The Kier molecular flexibility index (Phi) is 12.9. The van der Waals surface area contributed by atoms with E-state index in [1.165, 1.54) is 0 Å². The average molecular weight is 462 g/mol. The first-order valence-electron chi connectivity index (χ1n) is 8.54. The molecule has 0 unspecified atom stereocenters. The maximum atomic E-state index is 12.1. The summed E-state index contributed by atoms with van der Waals surface area (Å²) in [4.78, 5) is 18.7. The fourth-order valence-electron chi connectivity index (χ4n) is 2.15. The molecule has 1 amide bonds. The van der Waals surface area contributed by atoms with Gasteiger partial charge in [-0.2, -0.15) is 0 Å². The molecule has 6 nitrogen and oxygen atoms in total. The summed E-state index contributed by atoms with van der Waals surface area (Å²) in [5.74, 6) is 1.52. The normalized spacial score (nSPS) is 10.6. The number of nitrogens with zero attached hydrogens (tertiary/aromatic N) is 2. The van der Waals surface area contributed by atoms with E-state index in [4.69, 9.17) is 4.74 Å². The zero-order valence-corrected chi connectivity index (χ0v) is 18.0. The van der Waals surface area contributed by atoms with Crippen LogP contribution in [0.1, 0.15) is 37.0 Å². The highest BCUT2D eigenvalue weighted by atomic mass is 127. The molecule has 1 aromatic carbocycles. The van der Waals surface area contributed by atoms with E-state index in [2.05, 4.69) is 34.4 Å². The van der Waals surface area contributed by atoms with Crippen molar-refractivity contribution in [3.8, 4) is 5.75 Å². The van der Waals surface area contributed by atoms with Crippen LogP contribution in [0.5, 0.6) is 5.75 Å².